The minimum absolute atomic E-state index is 0.0598. The molecule has 2 N–H and O–H groups in total. The molecule has 1 saturated carbocycles. The summed E-state index contributed by atoms with van der Waals surface area (Å²) in [5.74, 6) is 0.208. The summed E-state index contributed by atoms with van der Waals surface area (Å²) in [6.45, 7) is 3.86. The molecule has 1 aromatic carbocycles. The van der Waals surface area contributed by atoms with Gasteiger partial charge in [-0.05, 0) is 50.2 Å². The Labute approximate surface area is 121 Å². The fourth-order valence-electron chi connectivity index (χ4n) is 3.07. The topological polar surface area (TPSA) is 46.3 Å². The minimum atomic E-state index is -0.121. The highest BCUT2D eigenvalue weighted by Gasteiger charge is 2.40. The molecule has 0 radical (unpaired) electrons. The first kappa shape index (κ1) is 13.6. The molecule has 2 aliphatic rings. The van der Waals surface area contributed by atoms with Crippen molar-refractivity contribution in [2.24, 2.45) is 5.73 Å². The first-order valence-corrected chi connectivity index (χ1v) is 7.78. The third kappa shape index (κ3) is 2.59. The number of carbonyl (C=O) groups excluding carboxylic acids is 1. The molecule has 3 heteroatoms. The number of piperidine rings is 1. The average molecular weight is 272 g/mol. The van der Waals surface area contributed by atoms with Crippen LogP contribution in [0.3, 0.4) is 0 Å². The van der Waals surface area contributed by atoms with Crippen LogP contribution in [0.4, 0.5) is 0 Å². The van der Waals surface area contributed by atoms with Crippen LogP contribution in [0.5, 0.6) is 0 Å². The monoisotopic (exact) mass is 272 g/mol. The number of nitrogens with two attached hydrogens (primary N) is 1. The van der Waals surface area contributed by atoms with Gasteiger partial charge in [0.2, 0.25) is 5.91 Å². The SMILES string of the molecule is CC(C(=O)N1CCCCC1)c1cccc(C2(N)CC2)c1. The molecule has 1 aromatic rings. The molecule has 3 nitrogen and oxygen atoms in total. The zero-order valence-electron chi connectivity index (χ0n) is 12.3. The molecule has 1 aliphatic carbocycles. The van der Waals surface area contributed by atoms with Crippen LogP contribution in [0, 0.1) is 0 Å². The quantitative estimate of drug-likeness (QED) is 0.919. The van der Waals surface area contributed by atoms with Crippen LogP contribution in [-0.4, -0.2) is 23.9 Å². The molecule has 2 fully saturated rings. The summed E-state index contributed by atoms with van der Waals surface area (Å²) in [4.78, 5) is 14.6. The Bertz CT molecular complexity index is 501. The van der Waals surface area contributed by atoms with Gasteiger partial charge >= 0.3 is 0 Å². The smallest absolute Gasteiger partial charge is 0.229 e. The lowest BCUT2D eigenvalue weighted by molar-refractivity contribution is -0.133. The van der Waals surface area contributed by atoms with Gasteiger partial charge in [-0.2, -0.15) is 0 Å². The fourth-order valence-corrected chi connectivity index (χ4v) is 3.07. The normalized spacial score (nSPS) is 22.4. The lowest BCUT2D eigenvalue weighted by Crippen LogP contribution is -2.38. The molecular formula is C17H24N2O. The zero-order chi connectivity index (χ0) is 14.2. The second-order valence-electron chi connectivity index (χ2n) is 6.39. The lowest BCUT2D eigenvalue weighted by atomic mass is 9.94. The molecular weight excluding hydrogens is 248 g/mol. The molecule has 3 rings (SSSR count). The van der Waals surface area contributed by atoms with Crippen molar-refractivity contribution >= 4 is 5.91 Å². The van der Waals surface area contributed by atoms with Gasteiger partial charge in [-0.15, -0.1) is 0 Å². The standard InChI is InChI=1S/C17H24N2O/c1-13(16(20)19-10-3-2-4-11-19)14-6-5-7-15(12-14)17(18)8-9-17/h5-7,12-13H,2-4,8-11,18H2,1H3. The number of rotatable bonds is 3. The molecule has 0 aromatic heterocycles. The number of hydrogen-bond acceptors (Lipinski definition) is 2. The maximum absolute atomic E-state index is 12.6. The van der Waals surface area contributed by atoms with Gasteiger partial charge in [-0.1, -0.05) is 24.3 Å². The summed E-state index contributed by atoms with van der Waals surface area (Å²) in [5.41, 5.74) is 8.43. The highest BCUT2D eigenvalue weighted by Crippen LogP contribution is 2.43. The number of benzene rings is 1. The van der Waals surface area contributed by atoms with E-state index in [1.807, 2.05) is 17.9 Å². The maximum atomic E-state index is 12.6. The van der Waals surface area contributed by atoms with Gasteiger partial charge in [-0.3, -0.25) is 4.79 Å². The third-order valence-electron chi connectivity index (χ3n) is 4.79. The van der Waals surface area contributed by atoms with E-state index in [1.54, 1.807) is 0 Å². The number of likely N-dealkylation sites (tertiary alicyclic amines) is 1. The van der Waals surface area contributed by atoms with Crippen molar-refractivity contribution in [1.29, 1.82) is 0 Å². The first-order chi connectivity index (χ1) is 9.60. The number of nitrogens with zero attached hydrogens (tertiary/aromatic N) is 1. The van der Waals surface area contributed by atoms with Crippen LogP contribution >= 0.6 is 0 Å². The zero-order valence-corrected chi connectivity index (χ0v) is 12.3. The molecule has 1 amide bonds. The van der Waals surface area contributed by atoms with E-state index in [9.17, 15) is 4.79 Å². The van der Waals surface area contributed by atoms with Gasteiger partial charge in [0.05, 0.1) is 5.92 Å². The molecule has 108 valence electrons. The van der Waals surface area contributed by atoms with E-state index in [0.717, 1.165) is 44.3 Å². The Balaban J connectivity index is 1.76. The van der Waals surface area contributed by atoms with Crippen LogP contribution < -0.4 is 5.73 Å². The number of amides is 1. The maximum Gasteiger partial charge on any atom is 0.229 e. The summed E-state index contributed by atoms with van der Waals surface area (Å²) in [6.07, 6.45) is 5.66. The van der Waals surface area contributed by atoms with E-state index in [2.05, 4.69) is 18.2 Å². The summed E-state index contributed by atoms with van der Waals surface area (Å²) in [6, 6.07) is 8.33. The number of hydrogen-bond donors (Lipinski definition) is 1. The third-order valence-corrected chi connectivity index (χ3v) is 4.79. The van der Waals surface area contributed by atoms with E-state index in [4.69, 9.17) is 5.73 Å². The van der Waals surface area contributed by atoms with Crippen molar-refractivity contribution < 1.29 is 4.79 Å². The van der Waals surface area contributed by atoms with E-state index in [0.29, 0.717) is 0 Å². The summed E-state index contributed by atoms with van der Waals surface area (Å²) in [5, 5.41) is 0. The van der Waals surface area contributed by atoms with Gasteiger partial charge < -0.3 is 10.6 Å². The summed E-state index contributed by atoms with van der Waals surface area (Å²) < 4.78 is 0. The van der Waals surface area contributed by atoms with E-state index < -0.39 is 0 Å². The summed E-state index contributed by atoms with van der Waals surface area (Å²) >= 11 is 0. The van der Waals surface area contributed by atoms with Crippen LogP contribution in [-0.2, 0) is 10.3 Å². The molecule has 0 bridgehead atoms. The van der Waals surface area contributed by atoms with Crippen molar-refractivity contribution in [3.63, 3.8) is 0 Å². The van der Waals surface area contributed by atoms with Gasteiger partial charge in [-0.25, -0.2) is 0 Å². The van der Waals surface area contributed by atoms with Gasteiger partial charge in [0, 0.05) is 18.6 Å². The Morgan fingerprint density at radius 2 is 1.95 bits per heavy atom. The van der Waals surface area contributed by atoms with Gasteiger partial charge in [0.15, 0.2) is 0 Å². The largest absolute Gasteiger partial charge is 0.342 e. The summed E-state index contributed by atoms with van der Waals surface area (Å²) in [7, 11) is 0. The fraction of sp³-hybridized carbons (Fsp3) is 0.588. The van der Waals surface area contributed by atoms with Crippen LogP contribution in [0.1, 0.15) is 56.1 Å². The Kier molecular flexibility index (Phi) is 3.55. The predicted molar refractivity (Wildman–Crippen MR) is 80.4 cm³/mol. The van der Waals surface area contributed by atoms with Gasteiger partial charge in [0.1, 0.15) is 0 Å². The van der Waals surface area contributed by atoms with Crippen molar-refractivity contribution in [2.45, 2.75) is 50.5 Å². The number of carbonyl (C=O) groups is 1. The predicted octanol–water partition coefficient (Wildman–Crippen LogP) is 2.75. The Morgan fingerprint density at radius 1 is 1.25 bits per heavy atom. The average Bonchev–Trinajstić information content (AvgIpc) is 3.26. The second-order valence-corrected chi connectivity index (χ2v) is 6.39. The van der Waals surface area contributed by atoms with Crippen LogP contribution in [0.2, 0.25) is 0 Å². The van der Waals surface area contributed by atoms with Crippen molar-refractivity contribution in [3.05, 3.63) is 35.4 Å². The minimum Gasteiger partial charge on any atom is -0.342 e. The molecule has 1 heterocycles. The molecule has 0 spiro atoms. The lowest BCUT2D eigenvalue weighted by Gasteiger charge is -2.29. The Hall–Kier alpha value is -1.35. The molecule has 1 aliphatic heterocycles. The highest BCUT2D eigenvalue weighted by molar-refractivity contribution is 5.83. The van der Waals surface area contributed by atoms with Crippen molar-refractivity contribution in [2.75, 3.05) is 13.1 Å². The van der Waals surface area contributed by atoms with E-state index in [-0.39, 0.29) is 17.4 Å². The van der Waals surface area contributed by atoms with Crippen molar-refractivity contribution in [1.82, 2.24) is 4.90 Å². The van der Waals surface area contributed by atoms with Crippen molar-refractivity contribution in [3.8, 4) is 0 Å². The Morgan fingerprint density at radius 3 is 2.60 bits per heavy atom. The van der Waals surface area contributed by atoms with E-state index >= 15 is 0 Å². The molecule has 1 atom stereocenters. The van der Waals surface area contributed by atoms with Crippen LogP contribution in [0.15, 0.2) is 24.3 Å². The molecule has 1 saturated heterocycles. The molecule has 20 heavy (non-hydrogen) atoms. The highest BCUT2D eigenvalue weighted by atomic mass is 16.2. The van der Waals surface area contributed by atoms with E-state index in [1.165, 1.54) is 12.0 Å². The van der Waals surface area contributed by atoms with Crippen LogP contribution in [0.25, 0.3) is 0 Å². The first-order valence-electron chi connectivity index (χ1n) is 7.78. The molecule has 1 unspecified atom stereocenters. The second kappa shape index (κ2) is 5.21. The van der Waals surface area contributed by atoms with Gasteiger partial charge in [0.25, 0.3) is 0 Å².